The molecule has 2 aromatic carbocycles. The molecule has 1 N–H and O–H groups in total. The number of amides is 1. The zero-order valence-corrected chi connectivity index (χ0v) is 17.2. The van der Waals surface area contributed by atoms with Gasteiger partial charge in [-0.15, -0.1) is 0 Å². The molecular weight excluding hydrogens is 444 g/mol. The van der Waals surface area contributed by atoms with Crippen LogP contribution in [0.4, 0.5) is 18.0 Å². The minimum absolute atomic E-state index is 0.0663. The Bertz CT molecular complexity index is 945. The summed E-state index contributed by atoms with van der Waals surface area (Å²) in [7, 11) is 0. The van der Waals surface area contributed by atoms with Gasteiger partial charge in [0.05, 0.1) is 12.3 Å². The summed E-state index contributed by atoms with van der Waals surface area (Å²) in [5.74, 6) is 0. The Morgan fingerprint density at radius 3 is 2.40 bits per heavy atom. The maximum atomic E-state index is 14.0. The third-order valence-corrected chi connectivity index (χ3v) is 4.95. The minimum atomic E-state index is -4.75. The molecule has 5 nitrogen and oxygen atoms in total. The van der Waals surface area contributed by atoms with Crippen molar-refractivity contribution in [1.29, 1.82) is 0 Å². The van der Waals surface area contributed by atoms with Crippen molar-refractivity contribution in [3.05, 3.63) is 69.2 Å². The average Bonchev–Trinajstić information content (AvgIpc) is 3.13. The van der Waals surface area contributed by atoms with Gasteiger partial charge in [0.1, 0.15) is 0 Å². The number of nitrogens with zero attached hydrogens (tertiary/aromatic N) is 1. The summed E-state index contributed by atoms with van der Waals surface area (Å²) in [4.78, 5) is 16.3. The fraction of sp³-hybridized carbons (Fsp3) is 0.300. The first-order chi connectivity index (χ1) is 14.1. The van der Waals surface area contributed by atoms with Gasteiger partial charge in [-0.25, -0.2) is 4.79 Å². The summed E-state index contributed by atoms with van der Waals surface area (Å²) in [6.45, 7) is 2.16. The molecule has 3 rings (SSSR count). The van der Waals surface area contributed by atoms with Crippen LogP contribution in [-0.2, 0) is 21.7 Å². The lowest BCUT2D eigenvalue weighted by Crippen LogP contribution is -2.42. The zero-order valence-electron chi connectivity index (χ0n) is 15.7. The van der Waals surface area contributed by atoms with E-state index in [2.05, 4.69) is 10.5 Å². The Balaban J connectivity index is 1.80. The summed E-state index contributed by atoms with van der Waals surface area (Å²) in [5.41, 5.74) is -1.56. The number of carbonyl (C=O) groups is 1. The van der Waals surface area contributed by atoms with Crippen LogP contribution >= 0.6 is 23.2 Å². The number of alkyl carbamates (subject to hydrolysis) is 1. The number of hydrogen-bond acceptors (Lipinski definition) is 4. The lowest BCUT2D eigenvalue weighted by atomic mass is 9.86. The molecule has 0 radical (unpaired) electrons. The molecule has 1 aliphatic heterocycles. The highest BCUT2D eigenvalue weighted by Crippen LogP contribution is 2.49. The van der Waals surface area contributed by atoms with Gasteiger partial charge in [0.15, 0.2) is 0 Å². The second-order valence-electron chi connectivity index (χ2n) is 6.56. The van der Waals surface area contributed by atoms with Gasteiger partial charge in [-0.2, -0.15) is 13.2 Å². The molecule has 2 aromatic rings. The predicted molar refractivity (Wildman–Crippen MR) is 107 cm³/mol. The molecule has 0 saturated heterocycles. The van der Waals surface area contributed by atoms with E-state index in [0.29, 0.717) is 5.56 Å². The molecule has 0 aliphatic carbocycles. The highest BCUT2D eigenvalue weighted by molar-refractivity contribution is 6.34. The van der Waals surface area contributed by atoms with Crippen molar-refractivity contribution in [2.24, 2.45) is 5.16 Å². The molecule has 30 heavy (non-hydrogen) atoms. The smallest absolute Gasteiger partial charge is 0.435 e. The number of oxime groups is 1. The van der Waals surface area contributed by atoms with Crippen LogP contribution in [0.5, 0.6) is 0 Å². The number of halogens is 5. The maximum Gasteiger partial charge on any atom is 0.435 e. The fourth-order valence-electron chi connectivity index (χ4n) is 3.02. The first-order valence-electron chi connectivity index (χ1n) is 8.93. The van der Waals surface area contributed by atoms with Gasteiger partial charge in [-0.05, 0) is 36.2 Å². The molecule has 160 valence electrons. The lowest BCUT2D eigenvalue weighted by molar-refractivity contribution is -0.275. The molecule has 0 bridgehead atoms. The van der Waals surface area contributed by atoms with Crippen molar-refractivity contribution in [2.45, 2.75) is 31.7 Å². The van der Waals surface area contributed by atoms with Gasteiger partial charge >= 0.3 is 12.3 Å². The Hall–Kier alpha value is -2.45. The van der Waals surface area contributed by atoms with Crippen molar-refractivity contribution in [1.82, 2.24) is 5.32 Å². The summed E-state index contributed by atoms with van der Waals surface area (Å²) in [6, 6.07) is 10.3. The van der Waals surface area contributed by atoms with Crippen molar-refractivity contribution in [3.63, 3.8) is 0 Å². The largest absolute Gasteiger partial charge is 0.450 e. The van der Waals surface area contributed by atoms with Crippen molar-refractivity contribution in [2.75, 3.05) is 6.61 Å². The standard InChI is InChI=1S/C20H17Cl2F3N2O3/c1-2-29-18(28)26-11-12-3-5-13(6-4-12)17-10-19(30-27-17,20(23,24)25)14-7-15(21)9-16(22)8-14/h3-9H,2,10-11H2,1H3,(H,26,28). The van der Waals surface area contributed by atoms with Gasteiger partial charge in [-0.3, -0.25) is 0 Å². The van der Waals surface area contributed by atoms with E-state index in [9.17, 15) is 18.0 Å². The van der Waals surface area contributed by atoms with Crippen LogP contribution in [-0.4, -0.2) is 24.6 Å². The van der Waals surface area contributed by atoms with E-state index in [1.165, 1.54) is 18.2 Å². The third kappa shape index (κ3) is 4.65. The number of hydrogen-bond donors (Lipinski definition) is 1. The highest BCUT2D eigenvalue weighted by atomic mass is 35.5. The first-order valence-corrected chi connectivity index (χ1v) is 9.68. The molecule has 0 aromatic heterocycles. The molecule has 0 fully saturated rings. The van der Waals surface area contributed by atoms with E-state index in [1.807, 2.05) is 0 Å². The molecule has 1 atom stereocenters. The summed E-state index contributed by atoms with van der Waals surface area (Å²) in [5, 5.41) is 6.41. The number of rotatable bonds is 5. The average molecular weight is 461 g/mol. The van der Waals surface area contributed by atoms with E-state index in [-0.39, 0.29) is 34.5 Å². The highest BCUT2D eigenvalue weighted by Gasteiger charge is 2.62. The van der Waals surface area contributed by atoms with E-state index in [0.717, 1.165) is 5.56 Å². The van der Waals surface area contributed by atoms with Crippen LogP contribution in [0.15, 0.2) is 47.6 Å². The third-order valence-electron chi connectivity index (χ3n) is 4.51. The van der Waals surface area contributed by atoms with Crippen LogP contribution in [0.1, 0.15) is 30.0 Å². The van der Waals surface area contributed by atoms with E-state index in [1.54, 1.807) is 31.2 Å². The van der Waals surface area contributed by atoms with Gasteiger partial charge in [0.25, 0.3) is 5.60 Å². The molecule has 0 saturated carbocycles. The second kappa shape index (κ2) is 8.73. The molecule has 10 heteroatoms. The van der Waals surface area contributed by atoms with Crippen molar-refractivity contribution in [3.8, 4) is 0 Å². The lowest BCUT2D eigenvalue weighted by Gasteiger charge is -2.29. The van der Waals surface area contributed by atoms with Crippen molar-refractivity contribution < 1.29 is 27.5 Å². The van der Waals surface area contributed by atoms with Crippen molar-refractivity contribution >= 4 is 35.0 Å². The number of carbonyl (C=O) groups excluding carboxylic acids is 1. The van der Waals surface area contributed by atoms with Crippen LogP contribution in [0.2, 0.25) is 10.0 Å². The zero-order chi connectivity index (χ0) is 21.9. The van der Waals surface area contributed by atoms with Crippen LogP contribution < -0.4 is 5.32 Å². The number of ether oxygens (including phenoxy) is 1. The molecule has 1 unspecified atom stereocenters. The monoisotopic (exact) mass is 460 g/mol. The summed E-state index contributed by atoms with van der Waals surface area (Å²) < 4.78 is 46.8. The Labute approximate surface area is 180 Å². The number of nitrogens with one attached hydrogen (secondary N) is 1. The van der Waals surface area contributed by atoms with E-state index >= 15 is 0 Å². The van der Waals surface area contributed by atoms with Gasteiger partial charge in [0, 0.05) is 28.6 Å². The fourth-order valence-corrected chi connectivity index (χ4v) is 3.54. The minimum Gasteiger partial charge on any atom is -0.450 e. The van der Waals surface area contributed by atoms with Crippen LogP contribution in [0.3, 0.4) is 0 Å². The number of alkyl halides is 3. The molecule has 1 aliphatic rings. The van der Waals surface area contributed by atoms with Gasteiger partial charge < -0.3 is 14.9 Å². The maximum absolute atomic E-state index is 14.0. The Morgan fingerprint density at radius 1 is 1.20 bits per heavy atom. The Morgan fingerprint density at radius 2 is 1.83 bits per heavy atom. The topological polar surface area (TPSA) is 59.9 Å². The summed E-state index contributed by atoms with van der Waals surface area (Å²) in [6.07, 6.45) is -5.84. The number of benzene rings is 2. The quantitative estimate of drug-likeness (QED) is 0.611. The predicted octanol–water partition coefficient (Wildman–Crippen LogP) is 5.82. The normalized spacial score (nSPS) is 18.5. The van der Waals surface area contributed by atoms with Gasteiger partial charge in [0.2, 0.25) is 0 Å². The second-order valence-corrected chi connectivity index (χ2v) is 7.43. The van der Waals surface area contributed by atoms with Crippen LogP contribution in [0, 0.1) is 0 Å². The molecule has 1 amide bonds. The summed E-state index contributed by atoms with van der Waals surface area (Å²) >= 11 is 11.8. The molecular formula is C20H17Cl2F3N2O3. The molecule has 0 spiro atoms. The van der Waals surface area contributed by atoms with E-state index in [4.69, 9.17) is 32.8 Å². The van der Waals surface area contributed by atoms with Gasteiger partial charge in [-0.1, -0.05) is 52.6 Å². The molecule has 1 heterocycles. The van der Waals surface area contributed by atoms with Crippen LogP contribution in [0.25, 0.3) is 0 Å². The Kier molecular flexibility index (Phi) is 6.47. The first kappa shape index (κ1) is 22.2. The van der Waals surface area contributed by atoms with E-state index < -0.39 is 24.3 Å². The SMILES string of the molecule is CCOC(=O)NCc1ccc(C2=NOC(c3cc(Cl)cc(Cl)c3)(C(F)(F)F)C2)cc1.